The molecule has 0 bridgehead atoms. The number of thioether (sulfide) groups is 1. The van der Waals surface area contributed by atoms with Gasteiger partial charge in [0.1, 0.15) is 0 Å². The third-order valence-corrected chi connectivity index (χ3v) is 3.34. The van der Waals surface area contributed by atoms with Gasteiger partial charge in [0, 0.05) is 0 Å². The van der Waals surface area contributed by atoms with Gasteiger partial charge in [-0.3, -0.25) is 0 Å². The van der Waals surface area contributed by atoms with E-state index in [1.54, 1.807) is 0 Å². The Bertz CT molecular complexity index is 71.2. The van der Waals surface area contributed by atoms with Crippen LogP contribution in [0.1, 0.15) is 58.3 Å². The molecule has 0 amide bonds. The van der Waals surface area contributed by atoms with E-state index >= 15 is 0 Å². The Morgan fingerprint density at radius 3 is 2.00 bits per heavy atom. The van der Waals surface area contributed by atoms with Gasteiger partial charge in [-0.25, -0.2) is 0 Å². The molecule has 0 aliphatic rings. The van der Waals surface area contributed by atoms with Crippen LogP contribution in [0.25, 0.3) is 0 Å². The van der Waals surface area contributed by atoms with Crippen LogP contribution < -0.4 is 0 Å². The lowest BCUT2D eigenvalue weighted by Crippen LogP contribution is -1.85. The summed E-state index contributed by atoms with van der Waals surface area (Å²) >= 11 is 2.13. The van der Waals surface area contributed by atoms with Gasteiger partial charge >= 0.3 is 0 Å². The first kappa shape index (κ1) is 13.4. The fourth-order valence-corrected chi connectivity index (χ4v) is 2.31. The van der Waals surface area contributed by atoms with Gasteiger partial charge in [0.25, 0.3) is 0 Å². The average Bonchev–Trinajstić information content (AvgIpc) is 2.16. The minimum Gasteiger partial charge on any atom is -0.162 e. The Morgan fingerprint density at radius 1 is 0.846 bits per heavy atom. The standard InChI is InChI=1S/C12H25S/c1-3-5-7-9-11-13-12-10-8-6-4-2/h1,3-12H2,2H3. The van der Waals surface area contributed by atoms with Crippen molar-refractivity contribution in [2.24, 2.45) is 0 Å². The highest BCUT2D eigenvalue weighted by atomic mass is 32.2. The maximum atomic E-state index is 3.85. The van der Waals surface area contributed by atoms with Crippen LogP contribution >= 0.6 is 11.8 Å². The summed E-state index contributed by atoms with van der Waals surface area (Å²) in [4.78, 5) is 0. The summed E-state index contributed by atoms with van der Waals surface area (Å²) in [5.41, 5.74) is 0. The van der Waals surface area contributed by atoms with Crippen molar-refractivity contribution in [1.29, 1.82) is 0 Å². The zero-order valence-corrected chi connectivity index (χ0v) is 10.0. The fraction of sp³-hybridized carbons (Fsp3) is 0.917. The summed E-state index contributed by atoms with van der Waals surface area (Å²) in [6, 6.07) is 0. The minimum atomic E-state index is 1.11. The molecular weight excluding hydrogens is 176 g/mol. The van der Waals surface area contributed by atoms with E-state index in [2.05, 4.69) is 25.6 Å². The third-order valence-electron chi connectivity index (χ3n) is 2.18. The van der Waals surface area contributed by atoms with Crippen molar-refractivity contribution in [3.05, 3.63) is 6.92 Å². The van der Waals surface area contributed by atoms with Gasteiger partial charge in [0.15, 0.2) is 0 Å². The molecule has 0 aromatic heterocycles. The predicted molar refractivity (Wildman–Crippen MR) is 65.3 cm³/mol. The van der Waals surface area contributed by atoms with E-state index in [-0.39, 0.29) is 0 Å². The molecule has 0 spiro atoms. The normalized spacial score (nSPS) is 10.6. The molecule has 13 heavy (non-hydrogen) atoms. The predicted octanol–water partition coefficient (Wildman–Crippen LogP) is 4.69. The third kappa shape index (κ3) is 12.4. The molecule has 0 heterocycles. The highest BCUT2D eigenvalue weighted by molar-refractivity contribution is 7.99. The molecule has 0 rings (SSSR count). The molecule has 0 aromatic carbocycles. The fourth-order valence-electron chi connectivity index (χ4n) is 1.29. The largest absolute Gasteiger partial charge is 0.162 e. The number of unbranched alkanes of at least 4 members (excludes halogenated alkanes) is 6. The molecule has 0 nitrogen and oxygen atoms in total. The van der Waals surface area contributed by atoms with Crippen molar-refractivity contribution < 1.29 is 0 Å². The summed E-state index contributed by atoms with van der Waals surface area (Å²) in [5.74, 6) is 2.75. The highest BCUT2D eigenvalue weighted by Crippen LogP contribution is 2.10. The lowest BCUT2D eigenvalue weighted by atomic mass is 10.2. The van der Waals surface area contributed by atoms with E-state index in [9.17, 15) is 0 Å². The molecule has 0 saturated heterocycles. The van der Waals surface area contributed by atoms with Crippen molar-refractivity contribution in [2.75, 3.05) is 11.5 Å². The van der Waals surface area contributed by atoms with E-state index in [0.29, 0.717) is 0 Å². The van der Waals surface area contributed by atoms with E-state index < -0.39 is 0 Å². The van der Waals surface area contributed by atoms with Gasteiger partial charge in [-0.1, -0.05) is 52.4 Å². The molecule has 1 heteroatoms. The van der Waals surface area contributed by atoms with Crippen LogP contribution in [-0.4, -0.2) is 11.5 Å². The molecule has 0 aliphatic heterocycles. The Hall–Kier alpha value is 0.350. The zero-order chi connectivity index (χ0) is 9.78. The number of hydrogen-bond acceptors (Lipinski definition) is 1. The molecular formula is C12H25S. The van der Waals surface area contributed by atoms with Crippen LogP contribution in [-0.2, 0) is 0 Å². The van der Waals surface area contributed by atoms with Gasteiger partial charge in [-0.15, -0.1) is 0 Å². The molecule has 0 N–H and O–H groups in total. The maximum Gasteiger partial charge on any atom is -0.00675 e. The first-order valence-corrected chi connectivity index (χ1v) is 6.94. The molecule has 0 aliphatic carbocycles. The van der Waals surface area contributed by atoms with Gasteiger partial charge in [-0.2, -0.15) is 11.8 Å². The van der Waals surface area contributed by atoms with Crippen molar-refractivity contribution in [1.82, 2.24) is 0 Å². The number of hydrogen-bond donors (Lipinski definition) is 0. The molecule has 0 aromatic rings. The van der Waals surface area contributed by atoms with Crippen molar-refractivity contribution >= 4 is 11.8 Å². The molecule has 1 radical (unpaired) electrons. The van der Waals surface area contributed by atoms with E-state index in [4.69, 9.17) is 0 Å². The van der Waals surface area contributed by atoms with Gasteiger partial charge < -0.3 is 0 Å². The summed E-state index contributed by atoms with van der Waals surface area (Å²) in [6.45, 7) is 6.12. The van der Waals surface area contributed by atoms with Gasteiger partial charge in [0.2, 0.25) is 0 Å². The van der Waals surface area contributed by atoms with Crippen LogP contribution in [0.15, 0.2) is 0 Å². The molecule has 0 atom stereocenters. The summed E-state index contributed by atoms with van der Waals surface area (Å²) in [7, 11) is 0. The van der Waals surface area contributed by atoms with Crippen molar-refractivity contribution in [3.63, 3.8) is 0 Å². The topological polar surface area (TPSA) is 0 Å². The average molecular weight is 201 g/mol. The number of rotatable bonds is 10. The monoisotopic (exact) mass is 201 g/mol. The van der Waals surface area contributed by atoms with Crippen LogP contribution in [0.5, 0.6) is 0 Å². The summed E-state index contributed by atoms with van der Waals surface area (Å²) < 4.78 is 0. The maximum absolute atomic E-state index is 3.85. The zero-order valence-electron chi connectivity index (χ0n) is 9.19. The van der Waals surface area contributed by atoms with Crippen LogP contribution in [0, 0.1) is 6.92 Å². The second kappa shape index (κ2) is 12.3. The second-order valence-corrected chi connectivity index (χ2v) is 4.81. The highest BCUT2D eigenvalue weighted by Gasteiger charge is 1.90. The first-order chi connectivity index (χ1) is 6.41. The van der Waals surface area contributed by atoms with Gasteiger partial charge in [0.05, 0.1) is 0 Å². The van der Waals surface area contributed by atoms with Crippen molar-refractivity contribution in [2.45, 2.75) is 58.3 Å². The summed E-state index contributed by atoms with van der Waals surface area (Å²) in [5, 5.41) is 0. The lowest BCUT2D eigenvalue weighted by Gasteiger charge is -2.00. The quantitative estimate of drug-likeness (QED) is 0.462. The molecule has 0 unspecified atom stereocenters. The van der Waals surface area contributed by atoms with Crippen molar-refractivity contribution in [3.8, 4) is 0 Å². The van der Waals surface area contributed by atoms with E-state index in [0.717, 1.165) is 6.42 Å². The van der Waals surface area contributed by atoms with Crippen LogP contribution in [0.2, 0.25) is 0 Å². The Balaban J connectivity index is 2.76. The van der Waals surface area contributed by atoms with E-state index in [1.807, 2.05) is 0 Å². The second-order valence-electron chi connectivity index (χ2n) is 3.59. The van der Waals surface area contributed by atoms with Crippen LogP contribution in [0.3, 0.4) is 0 Å². The Labute approximate surface area is 88.9 Å². The van der Waals surface area contributed by atoms with Crippen LogP contribution in [0.4, 0.5) is 0 Å². The molecule has 79 valence electrons. The Kier molecular flexibility index (Phi) is 12.7. The smallest absolute Gasteiger partial charge is 0.00675 e. The first-order valence-electron chi connectivity index (χ1n) is 5.78. The van der Waals surface area contributed by atoms with E-state index in [1.165, 1.54) is 56.5 Å². The molecule has 0 fully saturated rings. The summed E-state index contributed by atoms with van der Waals surface area (Å²) in [6.07, 6.45) is 10.8. The minimum absolute atomic E-state index is 1.11. The SMILES string of the molecule is [CH2]CCCCCSCCCCCC. The lowest BCUT2D eigenvalue weighted by molar-refractivity contribution is 0.705. The Morgan fingerprint density at radius 2 is 1.46 bits per heavy atom. The van der Waals surface area contributed by atoms with Gasteiger partial charge in [-0.05, 0) is 24.3 Å². The molecule has 0 saturated carbocycles.